The molecule has 1 aliphatic rings. The van der Waals surface area contributed by atoms with E-state index in [2.05, 4.69) is 41.3 Å². The van der Waals surface area contributed by atoms with Crippen molar-refractivity contribution in [3.63, 3.8) is 0 Å². The van der Waals surface area contributed by atoms with Crippen LogP contribution < -0.4 is 10.2 Å². The lowest BCUT2D eigenvalue weighted by atomic mass is 10.1. The quantitative estimate of drug-likeness (QED) is 0.872. The zero-order valence-corrected chi connectivity index (χ0v) is 14.1. The average molecular weight is 371 g/mol. The average Bonchev–Trinajstić information content (AvgIpc) is 3.00. The van der Waals surface area contributed by atoms with E-state index < -0.39 is 0 Å². The number of hydrogen-bond donors (Lipinski definition) is 2. The maximum atomic E-state index is 6.30. The van der Waals surface area contributed by atoms with Crippen molar-refractivity contribution in [1.82, 2.24) is 20.5 Å². The SMILES string of the molecule is CNC1CCN(c2n[nH]c(-c3cccc(Br)c3Cl)n2)CC1. The minimum atomic E-state index is 0.596. The summed E-state index contributed by atoms with van der Waals surface area (Å²) in [5.41, 5.74) is 0.856. The lowest BCUT2D eigenvalue weighted by molar-refractivity contribution is 0.439. The Morgan fingerprint density at radius 2 is 2.14 bits per heavy atom. The normalized spacial score (nSPS) is 16.4. The molecule has 2 heterocycles. The first-order valence-corrected chi connectivity index (χ1v) is 8.15. The molecule has 1 fully saturated rings. The molecule has 2 aromatic rings. The molecule has 0 unspecified atom stereocenters. The minimum absolute atomic E-state index is 0.596. The molecule has 3 rings (SSSR count). The lowest BCUT2D eigenvalue weighted by Gasteiger charge is -2.30. The first-order valence-electron chi connectivity index (χ1n) is 6.98. The van der Waals surface area contributed by atoms with Crippen LogP contribution in [0.5, 0.6) is 0 Å². The van der Waals surface area contributed by atoms with Gasteiger partial charge in [0, 0.05) is 29.2 Å². The molecule has 112 valence electrons. The van der Waals surface area contributed by atoms with Crippen molar-refractivity contribution in [2.75, 3.05) is 25.0 Å². The van der Waals surface area contributed by atoms with Crippen LogP contribution in [-0.4, -0.2) is 41.4 Å². The number of aromatic nitrogens is 3. The van der Waals surface area contributed by atoms with Gasteiger partial charge in [0.1, 0.15) is 0 Å². The van der Waals surface area contributed by atoms with Gasteiger partial charge in [0.15, 0.2) is 5.82 Å². The predicted octanol–water partition coefficient (Wildman–Crippen LogP) is 3.08. The molecule has 5 nitrogen and oxygen atoms in total. The first-order chi connectivity index (χ1) is 10.2. The molecule has 0 amide bonds. The number of benzene rings is 1. The van der Waals surface area contributed by atoms with Crippen LogP contribution in [0.4, 0.5) is 5.95 Å². The number of H-pyrrole nitrogens is 1. The van der Waals surface area contributed by atoms with E-state index in [9.17, 15) is 0 Å². The van der Waals surface area contributed by atoms with Gasteiger partial charge in [-0.15, -0.1) is 5.10 Å². The number of anilines is 1. The van der Waals surface area contributed by atoms with Gasteiger partial charge in [0.25, 0.3) is 0 Å². The highest BCUT2D eigenvalue weighted by Gasteiger charge is 2.21. The van der Waals surface area contributed by atoms with Crippen LogP contribution in [0.1, 0.15) is 12.8 Å². The zero-order valence-electron chi connectivity index (χ0n) is 11.7. The lowest BCUT2D eigenvalue weighted by Crippen LogP contribution is -2.41. The topological polar surface area (TPSA) is 56.8 Å². The number of nitrogens with one attached hydrogen (secondary N) is 2. The number of rotatable bonds is 3. The number of hydrogen-bond acceptors (Lipinski definition) is 4. The minimum Gasteiger partial charge on any atom is -0.339 e. The largest absolute Gasteiger partial charge is 0.339 e. The first kappa shape index (κ1) is 14.8. The van der Waals surface area contributed by atoms with Crippen molar-refractivity contribution in [1.29, 1.82) is 0 Å². The molecule has 0 radical (unpaired) electrons. The molecular formula is C14H17BrClN5. The van der Waals surface area contributed by atoms with Gasteiger partial charge in [-0.3, -0.25) is 5.10 Å². The molecule has 0 aliphatic carbocycles. The Labute approximate surface area is 137 Å². The van der Waals surface area contributed by atoms with Gasteiger partial charge in [0.2, 0.25) is 5.95 Å². The molecule has 0 atom stereocenters. The van der Waals surface area contributed by atoms with E-state index in [-0.39, 0.29) is 0 Å². The Morgan fingerprint density at radius 1 is 1.38 bits per heavy atom. The van der Waals surface area contributed by atoms with E-state index in [1.165, 1.54) is 0 Å². The van der Waals surface area contributed by atoms with Crippen LogP contribution in [0, 0.1) is 0 Å². The maximum absolute atomic E-state index is 6.30. The molecule has 0 saturated carbocycles. The van der Waals surface area contributed by atoms with E-state index in [0.717, 1.165) is 41.9 Å². The fourth-order valence-electron chi connectivity index (χ4n) is 2.57. The van der Waals surface area contributed by atoms with Crippen molar-refractivity contribution in [3.05, 3.63) is 27.7 Å². The molecule has 0 spiro atoms. The standard InChI is InChI=1S/C14H17BrClN5/c1-17-9-5-7-21(8-6-9)14-18-13(19-20-14)10-3-2-4-11(15)12(10)16/h2-4,9,17H,5-8H2,1H3,(H,18,19,20). The van der Waals surface area contributed by atoms with E-state index >= 15 is 0 Å². The fourth-order valence-corrected chi connectivity index (χ4v) is 3.15. The van der Waals surface area contributed by atoms with Crippen molar-refractivity contribution >= 4 is 33.5 Å². The van der Waals surface area contributed by atoms with Crippen LogP contribution in [0.3, 0.4) is 0 Å². The summed E-state index contributed by atoms with van der Waals surface area (Å²) in [7, 11) is 2.01. The van der Waals surface area contributed by atoms with Crippen LogP contribution in [-0.2, 0) is 0 Å². The summed E-state index contributed by atoms with van der Waals surface area (Å²) in [4.78, 5) is 6.80. The Kier molecular flexibility index (Phi) is 4.47. The molecule has 1 saturated heterocycles. The van der Waals surface area contributed by atoms with E-state index in [1.54, 1.807) is 0 Å². The molecule has 0 bridgehead atoms. The summed E-state index contributed by atoms with van der Waals surface area (Å²) in [5, 5.41) is 11.3. The highest BCUT2D eigenvalue weighted by atomic mass is 79.9. The molecule has 7 heteroatoms. The monoisotopic (exact) mass is 369 g/mol. The molecular weight excluding hydrogens is 354 g/mol. The molecule has 1 aromatic carbocycles. The number of piperidine rings is 1. The van der Waals surface area contributed by atoms with Gasteiger partial charge in [-0.25, -0.2) is 0 Å². The van der Waals surface area contributed by atoms with Crippen LogP contribution >= 0.6 is 27.5 Å². The number of nitrogens with zero attached hydrogens (tertiary/aromatic N) is 3. The second-order valence-corrected chi connectivity index (χ2v) is 6.37. The molecule has 1 aromatic heterocycles. The predicted molar refractivity (Wildman–Crippen MR) is 88.8 cm³/mol. The third kappa shape index (κ3) is 3.07. The summed E-state index contributed by atoms with van der Waals surface area (Å²) in [6.07, 6.45) is 2.22. The third-order valence-electron chi connectivity index (χ3n) is 3.87. The maximum Gasteiger partial charge on any atom is 0.245 e. The molecule has 2 N–H and O–H groups in total. The van der Waals surface area contributed by atoms with Crippen LogP contribution in [0.25, 0.3) is 11.4 Å². The van der Waals surface area contributed by atoms with Crippen molar-refractivity contribution in [2.45, 2.75) is 18.9 Å². The second kappa shape index (κ2) is 6.34. The number of aromatic amines is 1. The summed E-state index contributed by atoms with van der Waals surface area (Å²) >= 11 is 9.73. The van der Waals surface area contributed by atoms with E-state index in [0.29, 0.717) is 16.9 Å². The highest BCUT2D eigenvalue weighted by molar-refractivity contribution is 9.10. The zero-order chi connectivity index (χ0) is 14.8. The van der Waals surface area contributed by atoms with E-state index in [1.807, 2.05) is 25.2 Å². The Balaban J connectivity index is 1.79. The second-order valence-electron chi connectivity index (χ2n) is 5.14. The Hall–Kier alpha value is -1.11. The Bertz CT molecular complexity index is 622. The van der Waals surface area contributed by atoms with Gasteiger partial charge >= 0.3 is 0 Å². The molecule has 21 heavy (non-hydrogen) atoms. The van der Waals surface area contributed by atoms with Gasteiger partial charge < -0.3 is 10.2 Å². The smallest absolute Gasteiger partial charge is 0.245 e. The summed E-state index contributed by atoms with van der Waals surface area (Å²) in [6, 6.07) is 6.38. The van der Waals surface area contributed by atoms with E-state index in [4.69, 9.17) is 11.6 Å². The van der Waals surface area contributed by atoms with Gasteiger partial charge in [-0.05, 0) is 48.0 Å². The van der Waals surface area contributed by atoms with Crippen molar-refractivity contribution in [2.24, 2.45) is 0 Å². The summed E-state index contributed by atoms with van der Waals surface area (Å²) in [5.74, 6) is 1.45. The fraction of sp³-hybridized carbons (Fsp3) is 0.429. The van der Waals surface area contributed by atoms with Crippen LogP contribution in [0.2, 0.25) is 5.02 Å². The van der Waals surface area contributed by atoms with Crippen molar-refractivity contribution in [3.8, 4) is 11.4 Å². The summed E-state index contributed by atoms with van der Waals surface area (Å²) < 4.78 is 0.856. The Morgan fingerprint density at radius 3 is 2.86 bits per heavy atom. The third-order valence-corrected chi connectivity index (χ3v) is 5.16. The van der Waals surface area contributed by atoms with Crippen LogP contribution in [0.15, 0.2) is 22.7 Å². The highest BCUT2D eigenvalue weighted by Crippen LogP contribution is 2.32. The molecule has 1 aliphatic heterocycles. The van der Waals surface area contributed by atoms with Gasteiger partial charge in [0.05, 0.1) is 5.02 Å². The number of halogens is 2. The van der Waals surface area contributed by atoms with Crippen molar-refractivity contribution < 1.29 is 0 Å². The van der Waals surface area contributed by atoms with Gasteiger partial charge in [-0.2, -0.15) is 4.98 Å². The summed E-state index contributed by atoms with van der Waals surface area (Å²) in [6.45, 7) is 1.93. The van der Waals surface area contributed by atoms with Gasteiger partial charge in [-0.1, -0.05) is 17.7 Å².